The third kappa shape index (κ3) is 2.12. The summed E-state index contributed by atoms with van der Waals surface area (Å²) in [7, 11) is 3.93. The van der Waals surface area contributed by atoms with Crippen molar-refractivity contribution < 1.29 is 0 Å². The first-order valence-corrected chi connectivity index (χ1v) is 6.27. The zero-order valence-corrected chi connectivity index (χ0v) is 11.4. The van der Waals surface area contributed by atoms with Crippen molar-refractivity contribution in [3.05, 3.63) is 21.8 Å². The van der Waals surface area contributed by atoms with E-state index in [9.17, 15) is 0 Å². The number of hydrogen-bond donors (Lipinski definition) is 1. The maximum atomic E-state index is 6.03. The van der Waals surface area contributed by atoms with Crippen LogP contribution in [0, 0.1) is 13.8 Å². The molecule has 0 spiro atoms. The molecular weight excluding hydrogens is 234 g/mol. The lowest BCUT2D eigenvalue weighted by atomic mass is 10.3. The Balaban J connectivity index is 2.26. The van der Waals surface area contributed by atoms with E-state index >= 15 is 0 Å². The van der Waals surface area contributed by atoms with Crippen molar-refractivity contribution in [3.8, 4) is 0 Å². The minimum atomic E-state index is 0.747. The molecule has 0 radical (unpaired) electrons. The van der Waals surface area contributed by atoms with Crippen molar-refractivity contribution in [3.63, 3.8) is 0 Å². The van der Waals surface area contributed by atoms with Crippen molar-refractivity contribution in [1.29, 1.82) is 0 Å². The SMILES string of the molecule is Cc1ncsc1CN(C)c1c(N)c(C)nn1C. The fourth-order valence-electron chi connectivity index (χ4n) is 1.88. The van der Waals surface area contributed by atoms with Gasteiger partial charge in [0.2, 0.25) is 0 Å². The Hall–Kier alpha value is -1.56. The number of nitrogens with zero attached hydrogens (tertiary/aromatic N) is 4. The molecule has 2 rings (SSSR count). The van der Waals surface area contributed by atoms with Crippen LogP contribution in [0.25, 0.3) is 0 Å². The van der Waals surface area contributed by atoms with Gasteiger partial charge >= 0.3 is 0 Å². The van der Waals surface area contributed by atoms with E-state index in [1.165, 1.54) is 4.88 Å². The highest BCUT2D eigenvalue weighted by atomic mass is 32.1. The van der Waals surface area contributed by atoms with Crippen LogP contribution in [0.15, 0.2) is 5.51 Å². The highest BCUT2D eigenvalue weighted by molar-refractivity contribution is 7.09. The summed E-state index contributed by atoms with van der Waals surface area (Å²) in [5, 5.41) is 4.32. The van der Waals surface area contributed by atoms with Gasteiger partial charge in [-0.25, -0.2) is 4.98 Å². The smallest absolute Gasteiger partial charge is 0.150 e. The van der Waals surface area contributed by atoms with Gasteiger partial charge in [-0.15, -0.1) is 11.3 Å². The molecule has 0 aliphatic rings. The highest BCUT2D eigenvalue weighted by Crippen LogP contribution is 2.26. The Morgan fingerprint density at radius 2 is 2.12 bits per heavy atom. The maximum absolute atomic E-state index is 6.03. The number of nitrogens with two attached hydrogens (primary N) is 1. The molecule has 2 heterocycles. The molecule has 0 aliphatic heterocycles. The first-order valence-electron chi connectivity index (χ1n) is 5.40. The molecule has 2 N–H and O–H groups in total. The third-order valence-electron chi connectivity index (χ3n) is 2.82. The highest BCUT2D eigenvalue weighted by Gasteiger charge is 2.15. The van der Waals surface area contributed by atoms with Crippen molar-refractivity contribution >= 4 is 22.8 Å². The van der Waals surface area contributed by atoms with Gasteiger partial charge < -0.3 is 10.6 Å². The van der Waals surface area contributed by atoms with Crippen molar-refractivity contribution in [2.75, 3.05) is 17.7 Å². The van der Waals surface area contributed by atoms with Crippen LogP contribution in [-0.2, 0) is 13.6 Å². The molecule has 0 amide bonds. The molecule has 2 aromatic rings. The molecule has 0 bridgehead atoms. The molecule has 17 heavy (non-hydrogen) atoms. The Morgan fingerprint density at radius 3 is 2.59 bits per heavy atom. The van der Waals surface area contributed by atoms with Gasteiger partial charge in [-0.05, 0) is 13.8 Å². The van der Waals surface area contributed by atoms with E-state index in [-0.39, 0.29) is 0 Å². The predicted molar refractivity (Wildman–Crippen MR) is 71.3 cm³/mol. The fourth-order valence-corrected chi connectivity index (χ4v) is 2.71. The second-order valence-corrected chi connectivity index (χ2v) is 5.10. The minimum Gasteiger partial charge on any atom is -0.394 e. The molecule has 92 valence electrons. The van der Waals surface area contributed by atoms with Crippen LogP contribution < -0.4 is 10.6 Å². The molecule has 0 aromatic carbocycles. The number of anilines is 2. The Bertz CT molecular complexity index is 528. The Morgan fingerprint density at radius 1 is 1.41 bits per heavy atom. The zero-order chi connectivity index (χ0) is 12.6. The van der Waals surface area contributed by atoms with E-state index in [1.54, 1.807) is 11.3 Å². The largest absolute Gasteiger partial charge is 0.394 e. The fraction of sp³-hybridized carbons (Fsp3) is 0.455. The van der Waals surface area contributed by atoms with Gasteiger partial charge in [-0.3, -0.25) is 4.68 Å². The van der Waals surface area contributed by atoms with Gasteiger partial charge in [-0.1, -0.05) is 0 Å². The van der Waals surface area contributed by atoms with Gasteiger partial charge in [-0.2, -0.15) is 5.10 Å². The van der Waals surface area contributed by atoms with E-state index in [1.807, 2.05) is 38.1 Å². The van der Waals surface area contributed by atoms with E-state index in [0.717, 1.165) is 29.4 Å². The third-order valence-corrected chi connectivity index (χ3v) is 3.74. The van der Waals surface area contributed by atoms with Crippen molar-refractivity contribution in [2.24, 2.45) is 7.05 Å². The van der Waals surface area contributed by atoms with E-state index in [2.05, 4.69) is 15.0 Å². The second kappa shape index (κ2) is 4.37. The van der Waals surface area contributed by atoms with Crippen LogP contribution in [0.5, 0.6) is 0 Å². The van der Waals surface area contributed by atoms with Crippen LogP contribution in [-0.4, -0.2) is 21.8 Å². The number of hydrogen-bond acceptors (Lipinski definition) is 5. The molecule has 0 atom stereocenters. The van der Waals surface area contributed by atoms with Crippen LogP contribution >= 0.6 is 11.3 Å². The molecule has 0 unspecified atom stereocenters. The number of aryl methyl sites for hydroxylation is 3. The number of thiazole rings is 1. The first kappa shape index (κ1) is 11.9. The molecule has 6 heteroatoms. The van der Waals surface area contributed by atoms with Crippen molar-refractivity contribution in [1.82, 2.24) is 14.8 Å². The summed E-state index contributed by atoms with van der Waals surface area (Å²) in [6, 6.07) is 0. The van der Waals surface area contributed by atoms with Gasteiger partial charge in [0.1, 0.15) is 5.82 Å². The second-order valence-electron chi connectivity index (χ2n) is 4.16. The van der Waals surface area contributed by atoms with Gasteiger partial charge in [0, 0.05) is 19.0 Å². The average molecular weight is 251 g/mol. The maximum Gasteiger partial charge on any atom is 0.150 e. The average Bonchev–Trinajstić information content (AvgIpc) is 2.74. The van der Waals surface area contributed by atoms with Gasteiger partial charge in [0.05, 0.1) is 29.1 Å². The lowest BCUT2D eigenvalue weighted by Crippen LogP contribution is -2.20. The molecule has 0 saturated heterocycles. The topological polar surface area (TPSA) is 60.0 Å². The lowest BCUT2D eigenvalue weighted by Gasteiger charge is -2.19. The lowest BCUT2D eigenvalue weighted by molar-refractivity contribution is 0.728. The summed E-state index contributed by atoms with van der Waals surface area (Å²) in [6.07, 6.45) is 0. The Labute approximate surface area is 105 Å². The predicted octanol–water partition coefficient (Wildman–Crippen LogP) is 1.71. The summed E-state index contributed by atoms with van der Waals surface area (Å²) in [5.74, 6) is 0.954. The standard InChI is InChI=1S/C11H17N5S/c1-7-9(17-6-13-7)5-15(3)11-10(12)8(2)14-16(11)4/h6H,5,12H2,1-4H3. The molecule has 5 nitrogen and oxygen atoms in total. The number of nitrogen functional groups attached to an aromatic ring is 1. The van der Waals surface area contributed by atoms with Gasteiger partial charge in [0.15, 0.2) is 0 Å². The summed E-state index contributed by atoms with van der Waals surface area (Å²) in [4.78, 5) is 7.61. The van der Waals surface area contributed by atoms with Crippen LogP contribution in [0.1, 0.15) is 16.3 Å². The van der Waals surface area contributed by atoms with E-state index in [4.69, 9.17) is 5.73 Å². The van der Waals surface area contributed by atoms with Crippen molar-refractivity contribution in [2.45, 2.75) is 20.4 Å². The minimum absolute atomic E-state index is 0.747. The van der Waals surface area contributed by atoms with E-state index < -0.39 is 0 Å². The van der Waals surface area contributed by atoms with Crippen LogP contribution in [0.2, 0.25) is 0 Å². The summed E-state index contributed by atoms with van der Waals surface area (Å²) in [6.45, 7) is 4.75. The van der Waals surface area contributed by atoms with Crippen LogP contribution in [0.3, 0.4) is 0 Å². The molecular formula is C11H17N5S. The number of rotatable bonds is 3. The van der Waals surface area contributed by atoms with Crippen LogP contribution in [0.4, 0.5) is 11.5 Å². The monoisotopic (exact) mass is 251 g/mol. The summed E-state index contributed by atoms with van der Waals surface area (Å²) >= 11 is 1.67. The molecule has 2 aromatic heterocycles. The molecule has 0 saturated carbocycles. The number of aromatic nitrogens is 3. The van der Waals surface area contributed by atoms with Gasteiger partial charge in [0.25, 0.3) is 0 Å². The summed E-state index contributed by atoms with van der Waals surface area (Å²) in [5.41, 5.74) is 10.6. The quantitative estimate of drug-likeness (QED) is 0.902. The molecule has 0 aliphatic carbocycles. The Kier molecular flexibility index (Phi) is 3.06. The first-order chi connectivity index (χ1) is 8.00. The van der Waals surface area contributed by atoms with E-state index in [0.29, 0.717) is 0 Å². The zero-order valence-electron chi connectivity index (χ0n) is 10.6. The summed E-state index contributed by atoms with van der Waals surface area (Å²) < 4.78 is 1.82. The normalized spacial score (nSPS) is 10.8. The molecule has 0 fully saturated rings.